The molecule has 0 aliphatic heterocycles. The van der Waals surface area contributed by atoms with E-state index >= 15 is 4.79 Å². The number of carbonyl (C=O) groups is 1. The van der Waals surface area contributed by atoms with Crippen molar-refractivity contribution >= 4 is 266 Å². The van der Waals surface area contributed by atoms with Gasteiger partial charge >= 0.3 is 0 Å². The van der Waals surface area contributed by atoms with Gasteiger partial charge < -0.3 is 4.79 Å². The molecule has 4 spiro atoms. The average Bonchev–Trinajstić information content (AvgIpc) is 1.35. The van der Waals surface area contributed by atoms with E-state index in [0.717, 1.165) is 57.1 Å². The molecule has 0 radical (unpaired) electrons. The van der Waals surface area contributed by atoms with Crippen LogP contribution in [0.15, 0.2) is 59.6 Å². The van der Waals surface area contributed by atoms with Gasteiger partial charge in [0.1, 0.15) is 6.29 Å². The first-order valence-corrected chi connectivity index (χ1v) is 32.9. The van der Waals surface area contributed by atoms with Gasteiger partial charge in [-0.1, -0.05) is 55.3 Å². The number of aliphatic imine (C=N–C) groups is 1. The van der Waals surface area contributed by atoms with E-state index in [2.05, 4.69) is 60.8 Å². The fourth-order valence-corrected chi connectivity index (χ4v) is 31.4. The van der Waals surface area contributed by atoms with E-state index in [-0.39, 0.29) is 16.2 Å². The number of aryl methyl sites for hydroxylation is 2. The number of hydrogen-bond donors (Lipinski definition) is 0. The Hall–Kier alpha value is -9.50. The number of rotatable bonds is 3. The van der Waals surface area contributed by atoms with Gasteiger partial charge in [0, 0.05) is 22.5 Å². The summed E-state index contributed by atoms with van der Waals surface area (Å²) < 4.78 is 0. The molecule has 2 saturated carbocycles. The molecule has 14 aliphatic carbocycles. The molecule has 0 N–H and O–H groups in total. The summed E-state index contributed by atoms with van der Waals surface area (Å²) in [4.78, 5) is 22.6. The standard InChI is InChI=1S/C84H27NO/c86-19-80-17-7-5-9-21-14-12-20(13-15-21)8-4-6-16-79(18-85-22-10-2-1-3-11-22)81-71-57-47-36-27-23-24-26-31-25(23)32-29-34(27)42(47)53-45-38(29)49-40(32)51-44(31)52-41-33(26)30-35-28(24)37(36)48-43(35)54-46-39(30)50(41)64-68-56(46)66(62(54)72(81)58(48)57)76-70-69-75(82(76,79)81)65(61(53)71)55(45)67-63(49)73-59(51)60(52)74(64)84(80,78(68)70)83(73,80)77(67)69/h1-3,10-15,18-19H,4-9,16-17H2. The Kier molecular flexibility index (Phi) is 3.42. The van der Waals surface area contributed by atoms with Crippen molar-refractivity contribution in [3.63, 3.8) is 0 Å². The highest BCUT2D eigenvalue weighted by Gasteiger charge is 2.99. The number of aldehydes is 1. The van der Waals surface area contributed by atoms with E-state index in [1.165, 1.54) is 11.1 Å². The van der Waals surface area contributed by atoms with Gasteiger partial charge in [-0.15, -0.1) is 0 Å². The summed E-state index contributed by atoms with van der Waals surface area (Å²) in [6.45, 7) is 0. The summed E-state index contributed by atoms with van der Waals surface area (Å²) in [5.74, 6) is 0. The Balaban J connectivity index is 0.972. The topological polar surface area (TPSA) is 29.4 Å². The van der Waals surface area contributed by atoms with Gasteiger partial charge in [-0.05, 0) is 365 Å². The lowest BCUT2D eigenvalue weighted by atomic mass is 9.66. The SMILES string of the molecule is O=CC12CCCCc3ccc(cc3)CCCCC3(C=Nc4ccccc4)C45c6c7c8c9c%10c%11c%12c%13c%14c%15c%16c(c-7c4c4c7c%17c%18c%19c(c%20c6c9c6c%20c9c%19c%19c%20c%18c%18c7c(c4%16)c4c%15c7c%13c%13c%12c%12c%10c6c6c9c%19c9c(c%126)c%13c6c7c4c%18c%20c69)C%1735)C%141C8%112. The fraction of sp³-hybridized carbons (Fsp3) is 0.167. The third-order valence-corrected chi connectivity index (χ3v) is 31.7. The zero-order valence-corrected chi connectivity index (χ0v) is 45.4. The average molecular weight is 1070 g/mol. The maximum Gasteiger partial charge on any atom is 0.128 e. The number of carbonyl (C=O) groups excluding carboxylic acids is 1. The zero-order valence-electron chi connectivity index (χ0n) is 45.4. The summed E-state index contributed by atoms with van der Waals surface area (Å²) in [6, 6.07) is 21.1. The molecule has 14 aliphatic rings. The van der Waals surface area contributed by atoms with Gasteiger partial charge in [0.25, 0.3) is 0 Å². The number of nitrogens with zero attached hydrogens (tertiary/aromatic N) is 1. The minimum atomic E-state index is -0.649. The van der Waals surface area contributed by atoms with Gasteiger partial charge in [0.05, 0.1) is 21.9 Å². The molecule has 0 amide bonds. The van der Waals surface area contributed by atoms with E-state index in [1.807, 2.05) is 0 Å². The Morgan fingerprint density at radius 3 is 0.814 bits per heavy atom. The maximum atomic E-state index is 16.6. The molecule has 374 valence electrons. The third-order valence-electron chi connectivity index (χ3n) is 31.7. The summed E-state index contributed by atoms with van der Waals surface area (Å²) >= 11 is 0. The smallest absolute Gasteiger partial charge is 0.128 e. The van der Waals surface area contributed by atoms with Gasteiger partial charge in [-0.25, -0.2) is 0 Å². The van der Waals surface area contributed by atoms with Crippen LogP contribution in [-0.2, 0) is 39.3 Å². The normalized spacial score (nSPS) is 29.3. The summed E-state index contributed by atoms with van der Waals surface area (Å²) in [5.41, 5.74) is 18.1. The van der Waals surface area contributed by atoms with E-state index in [4.69, 9.17) is 4.99 Å². The van der Waals surface area contributed by atoms with Crippen LogP contribution in [0.3, 0.4) is 0 Å². The summed E-state index contributed by atoms with van der Waals surface area (Å²) in [6.07, 6.45) is 13.0. The second-order valence-electron chi connectivity index (χ2n) is 31.9. The molecule has 26 aromatic rings. The van der Waals surface area contributed by atoms with E-state index in [0.29, 0.717) is 0 Å². The largest absolute Gasteiger partial charge is 0.303 e. The van der Waals surface area contributed by atoms with Crippen LogP contribution in [0, 0.1) is 10.8 Å². The third kappa shape index (κ3) is 1.97. The van der Waals surface area contributed by atoms with Crippen molar-refractivity contribution in [3.8, 4) is 11.1 Å². The number of benzene rings is 18. The van der Waals surface area contributed by atoms with Crippen molar-refractivity contribution in [2.75, 3.05) is 0 Å². The van der Waals surface area contributed by atoms with Gasteiger partial charge in [0.2, 0.25) is 0 Å². The van der Waals surface area contributed by atoms with Crippen LogP contribution in [0.1, 0.15) is 94.2 Å². The number of para-hydroxylation sites is 1. The van der Waals surface area contributed by atoms with E-state index in [9.17, 15) is 0 Å². The maximum absolute atomic E-state index is 16.6. The Labute approximate surface area is 478 Å². The van der Waals surface area contributed by atoms with Crippen LogP contribution >= 0.6 is 0 Å². The second-order valence-corrected chi connectivity index (χ2v) is 31.9. The van der Waals surface area contributed by atoms with Gasteiger partial charge in [0.15, 0.2) is 0 Å². The van der Waals surface area contributed by atoms with Crippen molar-refractivity contribution in [1.82, 2.24) is 0 Å². The first-order chi connectivity index (χ1) is 42.8. The lowest BCUT2D eigenvalue weighted by Gasteiger charge is -2.34. The quantitative estimate of drug-likeness (QED) is 0.0985. The molecule has 3 atom stereocenters. The predicted octanol–water partition coefficient (Wildman–Crippen LogP) is 20.6. The highest BCUT2D eigenvalue weighted by Crippen LogP contribution is 3.02. The Bertz CT molecular complexity index is 7830. The molecule has 0 heterocycles. The fourth-order valence-electron chi connectivity index (χ4n) is 31.4. The molecule has 26 aromatic carbocycles. The lowest BCUT2D eigenvalue weighted by Crippen LogP contribution is -2.28. The molecular formula is C84H27NO. The van der Waals surface area contributed by atoms with Gasteiger partial charge in [-0.3, -0.25) is 4.99 Å². The van der Waals surface area contributed by atoms with Crippen LogP contribution in [0.25, 0.3) is 259 Å². The summed E-state index contributed by atoms with van der Waals surface area (Å²) in [7, 11) is 0. The zero-order chi connectivity index (χ0) is 52.2. The van der Waals surface area contributed by atoms with E-state index < -0.39 is 16.2 Å². The van der Waals surface area contributed by atoms with Crippen LogP contribution in [-0.4, -0.2) is 12.5 Å². The molecule has 0 aromatic heterocycles. The second kappa shape index (κ2) is 8.39. The molecule has 40 rings (SSSR count). The highest BCUT2D eigenvalue weighted by atomic mass is 16.1. The van der Waals surface area contributed by atoms with Crippen LogP contribution < -0.4 is 0 Å². The molecule has 2 fully saturated rings. The number of hydrogen-bond acceptors (Lipinski definition) is 2. The predicted molar refractivity (Wildman–Crippen MR) is 353 cm³/mol. The molecule has 12 bridgehead atoms. The van der Waals surface area contributed by atoms with Crippen molar-refractivity contribution in [2.24, 2.45) is 15.8 Å². The van der Waals surface area contributed by atoms with Gasteiger partial charge in [-0.2, -0.15) is 0 Å². The molecule has 3 unspecified atom stereocenters. The lowest BCUT2D eigenvalue weighted by molar-refractivity contribution is -0.113. The minimum absolute atomic E-state index is 0.362. The Morgan fingerprint density at radius 1 is 0.267 bits per heavy atom. The first kappa shape index (κ1) is 35.1. The Morgan fingerprint density at radius 2 is 0.512 bits per heavy atom. The van der Waals surface area contributed by atoms with Crippen molar-refractivity contribution < 1.29 is 4.79 Å². The van der Waals surface area contributed by atoms with Crippen molar-refractivity contribution in [1.29, 1.82) is 0 Å². The molecule has 86 heavy (non-hydrogen) atoms. The molecule has 2 heteroatoms. The van der Waals surface area contributed by atoms with E-state index in [1.54, 1.807) is 310 Å². The first-order valence-electron chi connectivity index (χ1n) is 32.9. The van der Waals surface area contributed by atoms with Crippen molar-refractivity contribution in [3.05, 3.63) is 110 Å². The van der Waals surface area contributed by atoms with Crippen LogP contribution in [0.5, 0.6) is 0 Å². The van der Waals surface area contributed by atoms with Crippen LogP contribution in [0.4, 0.5) is 5.69 Å². The van der Waals surface area contributed by atoms with Crippen LogP contribution in [0.2, 0.25) is 0 Å². The molecular weight excluding hydrogens is 1040 g/mol. The minimum Gasteiger partial charge on any atom is -0.303 e. The molecule has 2 nitrogen and oxygen atoms in total. The highest BCUT2D eigenvalue weighted by molar-refractivity contribution is 6.79. The monoisotopic (exact) mass is 1070 g/mol. The molecule has 0 saturated heterocycles. The van der Waals surface area contributed by atoms with Crippen molar-refractivity contribution in [2.45, 2.75) is 73.0 Å². The summed E-state index contributed by atoms with van der Waals surface area (Å²) in [5, 5.41) is 75.1.